The number of benzene rings is 1. The normalized spacial score (nSPS) is 16.7. The SMILES string of the molecule is Nc1ccc(COC2CCCCC2)cc1[N+](=O)[O-]. The van der Waals surface area contributed by atoms with E-state index >= 15 is 0 Å². The van der Waals surface area contributed by atoms with Gasteiger partial charge in [-0.25, -0.2) is 0 Å². The molecule has 1 fully saturated rings. The van der Waals surface area contributed by atoms with Gasteiger partial charge in [0.25, 0.3) is 5.69 Å². The highest BCUT2D eigenvalue weighted by molar-refractivity contribution is 5.59. The van der Waals surface area contributed by atoms with Crippen molar-refractivity contribution in [3.63, 3.8) is 0 Å². The average molecular weight is 250 g/mol. The van der Waals surface area contributed by atoms with Crippen LogP contribution in [0.4, 0.5) is 11.4 Å². The summed E-state index contributed by atoms with van der Waals surface area (Å²) in [5, 5.41) is 10.8. The molecule has 0 unspecified atom stereocenters. The number of hydrogen-bond acceptors (Lipinski definition) is 4. The van der Waals surface area contributed by atoms with E-state index < -0.39 is 4.92 Å². The summed E-state index contributed by atoms with van der Waals surface area (Å²) in [6.07, 6.45) is 6.20. The highest BCUT2D eigenvalue weighted by atomic mass is 16.6. The molecule has 0 aliphatic heterocycles. The fourth-order valence-electron chi connectivity index (χ4n) is 2.28. The van der Waals surface area contributed by atoms with Gasteiger partial charge in [-0.2, -0.15) is 0 Å². The van der Waals surface area contributed by atoms with E-state index in [1.54, 1.807) is 12.1 Å². The summed E-state index contributed by atoms with van der Waals surface area (Å²) in [5.41, 5.74) is 6.51. The molecule has 2 rings (SSSR count). The first-order chi connectivity index (χ1) is 8.66. The molecule has 0 atom stereocenters. The molecule has 0 spiro atoms. The van der Waals surface area contributed by atoms with Crippen LogP contribution in [0.1, 0.15) is 37.7 Å². The lowest BCUT2D eigenvalue weighted by molar-refractivity contribution is -0.384. The smallest absolute Gasteiger partial charge is 0.292 e. The maximum Gasteiger partial charge on any atom is 0.292 e. The molecule has 1 saturated carbocycles. The largest absolute Gasteiger partial charge is 0.393 e. The Morgan fingerprint density at radius 1 is 1.33 bits per heavy atom. The average Bonchev–Trinajstić information content (AvgIpc) is 2.38. The Morgan fingerprint density at radius 3 is 2.72 bits per heavy atom. The van der Waals surface area contributed by atoms with Gasteiger partial charge in [-0.1, -0.05) is 25.3 Å². The Bertz CT molecular complexity index is 428. The minimum absolute atomic E-state index is 0.0419. The number of ether oxygens (including phenoxy) is 1. The number of rotatable bonds is 4. The van der Waals surface area contributed by atoms with Crippen LogP contribution >= 0.6 is 0 Å². The molecule has 0 radical (unpaired) electrons. The first kappa shape index (κ1) is 12.8. The van der Waals surface area contributed by atoms with Crippen molar-refractivity contribution in [2.24, 2.45) is 0 Å². The first-order valence-electron chi connectivity index (χ1n) is 6.31. The molecular formula is C13H18N2O3. The molecule has 5 heteroatoms. The second kappa shape index (κ2) is 5.82. The minimum atomic E-state index is -0.459. The summed E-state index contributed by atoms with van der Waals surface area (Å²) >= 11 is 0. The zero-order valence-corrected chi connectivity index (χ0v) is 10.3. The van der Waals surface area contributed by atoms with E-state index in [0.717, 1.165) is 18.4 Å². The number of nitro groups is 1. The summed E-state index contributed by atoms with van der Waals surface area (Å²) in [4.78, 5) is 10.3. The van der Waals surface area contributed by atoms with Crippen LogP contribution in [0.3, 0.4) is 0 Å². The number of hydrogen-bond donors (Lipinski definition) is 1. The summed E-state index contributed by atoms with van der Waals surface area (Å²) < 4.78 is 5.78. The molecule has 0 bridgehead atoms. The topological polar surface area (TPSA) is 78.4 Å². The molecule has 1 aromatic carbocycles. The van der Waals surface area contributed by atoms with Crippen LogP contribution in [0.5, 0.6) is 0 Å². The van der Waals surface area contributed by atoms with Crippen molar-refractivity contribution in [1.29, 1.82) is 0 Å². The van der Waals surface area contributed by atoms with Crippen LogP contribution in [0.15, 0.2) is 18.2 Å². The maximum absolute atomic E-state index is 10.8. The molecule has 0 saturated heterocycles. The van der Waals surface area contributed by atoms with Crippen molar-refractivity contribution in [2.45, 2.75) is 44.8 Å². The highest BCUT2D eigenvalue weighted by Gasteiger charge is 2.15. The Balaban J connectivity index is 1.96. The van der Waals surface area contributed by atoms with E-state index in [9.17, 15) is 10.1 Å². The number of anilines is 1. The van der Waals surface area contributed by atoms with E-state index in [4.69, 9.17) is 10.5 Å². The van der Waals surface area contributed by atoms with E-state index in [2.05, 4.69) is 0 Å². The zero-order chi connectivity index (χ0) is 13.0. The van der Waals surface area contributed by atoms with Gasteiger partial charge in [0.2, 0.25) is 0 Å². The first-order valence-corrected chi connectivity index (χ1v) is 6.31. The van der Waals surface area contributed by atoms with Crippen LogP contribution in [-0.2, 0) is 11.3 Å². The van der Waals surface area contributed by atoms with Gasteiger partial charge in [0.05, 0.1) is 17.6 Å². The van der Waals surface area contributed by atoms with Gasteiger partial charge in [0, 0.05) is 6.07 Å². The third-order valence-electron chi connectivity index (χ3n) is 3.33. The van der Waals surface area contributed by atoms with Gasteiger partial charge in [-0.15, -0.1) is 0 Å². The van der Waals surface area contributed by atoms with Crippen LogP contribution in [0, 0.1) is 10.1 Å². The number of nitro benzene ring substituents is 1. The second-order valence-electron chi connectivity index (χ2n) is 4.72. The van der Waals surface area contributed by atoms with Crippen LogP contribution < -0.4 is 5.73 Å². The molecule has 5 nitrogen and oxygen atoms in total. The molecule has 0 heterocycles. The van der Waals surface area contributed by atoms with E-state index in [1.165, 1.54) is 25.3 Å². The summed E-state index contributed by atoms with van der Waals surface area (Å²) in [7, 11) is 0. The highest BCUT2D eigenvalue weighted by Crippen LogP contribution is 2.25. The monoisotopic (exact) mass is 250 g/mol. The molecule has 18 heavy (non-hydrogen) atoms. The lowest BCUT2D eigenvalue weighted by Crippen LogP contribution is -2.16. The third kappa shape index (κ3) is 3.20. The van der Waals surface area contributed by atoms with Gasteiger partial charge in [0.15, 0.2) is 0 Å². The van der Waals surface area contributed by atoms with Crippen molar-refractivity contribution >= 4 is 11.4 Å². The fraction of sp³-hybridized carbons (Fsp3) is 0.538. The second-order valence-corrected chi connectivity index (χ2v) is 4.72. The molecule has 1 aromatic rings. The standard InChI is InChI=1S/C13H18N2O3/c14-12-7-6-10(8-13(12)15(16)17)9-18-11-4-2-1-3-5-11/h6-8,11H,1-5,9,14H2. The van der Waals surface area contributed by atoms with E-state index in [1.807, 2.05) is 0 Å². The number of nitrogens with two attached hydrogens (primary N) is 1. The summed E-state index contributed by atoms with van der Waals surface area (Å²) in [5.74, 6) is 0. The molecule has 0 amide bonds. The fourth-order valence-corrected chi connectivity index (χ4v) is 2.28. The van der Waals surface area contributed by atoms with Crippen molar-refractivity contribution in [2.75, 3.05) is 5.73 Å². The molecular weight excluding hydrogens is 232 g/mol. The van der Waals surface area contributed by atoms with Gasteiger partial charge >= 0.3 is 0 Å². The Kier molecular flexibility index (Phi) is 4.15. The predicted molar refractivity (Wildman–Crippen MR) is 69.2 cm³/mol. The zero-order valence-electron chi connectivity index (χ0n) is 10.3. The number of nitrogen functional groups attached to an aromatic ring is 1. The van der Waals surface area contributed by atoms with Gasteiger partial charge in [-0.05, 0) is 24.5 Å². The van der Waals surface area contributed by atoms with E-state index in [-0.39, 0.29) is 11.4 Å². The quantitative estimate of drug-likeness (QED) is 0.506. The van der Waals surface area contributed by atoms with Gasteiger partial charge in [-0.3, -0.25) is 10.1 Å². The maximum atomic E-state index is 10.8. The van der Waals surface area contributed by atoms with E-state index in [0.29, 0.717) is 12.7 Å². The summed E-state index contributed by atoms with van der Waals surface area (Å²) in [6, 6.07) is 4.85. The van der Waals surface area contributed by atoms with Crippen LogP contribution in [0.2, 0.25) is 0 Å². The van der Waals surface area contributed by atoms with Crippen molar-refractivity contribution < 1.29 is 9.66 Å². The summed E-state index contributed by atoms with van der Waals surface area (Å²) in [6.45, 7) is 0.422. The molecule has 1 aliphatic rings. The third-order valence-corrected chi connectivity index (χ3v) is 3.33. The number of nitrogens with zero attached hydrogens (tertiary/aromatic N) is 1. The minimum Gasteiger partial charge on any atom is -0.393 e. The molecule has 0 aromatic heterocycles. The van der Waals surface area contributed by atoms with Crippen molar-refractivity contribution in [3.8, 4) is 0 Å². The van der Waals surface area contributed by atoms with Crippen molar-refractivity contribution in [3.05, 3.63) is 33.9 Å². The lowest BCUT2D eigenvalue weighted by atomic mass is 9.98. The van der Waals surface area contributed by atoms with Crippen LogP contribution in [-0.4, -0.2) is 11.0 Å². The van der Waals surface area contributed by atoms with Crippen LogP contribution in [0.25, 0.3) is 0 Å². The predicted octanol–water partition coefficient (Wildman–Crippen LogP) is 3.03. The molecule has 98 valence electrons. The Morgan fingerprint density at radius 2 is 2.06 bits per heavy atom. The van der Waals surface area contributed by atoms with Gasteiger partial charge < -0.3 is 10.5 Å². The van der Waals surface area contributed by atoms with Gasteiger partial charge in [0.1, 0.15) is 5.69 Å². The van der Waals surface area contributed by atoms with Crippen molar-refractivity contribution in [1.82, 2.24) is 0 Å². The molecule has 1 aliphatic carbocycles. The Hall–Kier alpha value is -1.62. The lowest BCUT2D eigenvalue weighted by Gasteiger charge is -2.21. The molecule has 2 N–H and O–H groups in total. The Labute approximate surface area is 106 Å².